The van der Waals surface area contributed by atoms with Crippen molar-refractivity contribution in [1.82, 2.24) is 0 Å². The molecule has 0 bridgehead atoms. The molecule has 0 rings (SSSR count). The van der Waals surface area contributed by atoms with Gasteiger partial charge in [0.25, 0.3) is 5.88 Å². The third-order valence-electron chi connectivity index (χ3n) is 0.509. The van der Waals surface area contributed by atoms with Gasteiger partial charge < -0.3 is 9.58 Å². The monoisotopic (exact) mass is 161 g/mol. The molecule has 0 aliphatic carbocycles. The summed E-state index contributed by atoms with van der Waals surface area (Å²) in [7, 11) is 0. The number of thioether (sulfide) groups is 1. The van der Waals surface area contributed by atoms with Crippen LogP contribution in [0, 0.1) is 6.57 Å². The highest BCUT2D eigenvalue weighted by molar-refractivity contribution is 8.22. The lowest BCUT2D eigenvalue weighted by atomic mass is 10.9. The predicted molar refractivity (Wildman–Crippen MR) is 43.3 cm³/mol. The van der Waals surface area contributed by atoms with Crippen molar-refractivity contribution in [2.45, 2.75) is 6.92 Å². The fraction of sp³-hybridized carbons (Fsp3) is 0.600. The molecule has 0 aromatic rings. The van der Waals surface area contributed by atoms with Crippen LogP contribution in [0.25, 0.3) is 4.85 Å². The van der Waals surface area contributed by atoms with Crippen LogP contribution in [-0.4, -0.2) is 16.9 Å². The topological polar surface area (TPSA) is 13.6 Å². The smallest absolute Gasteiger partial charge is 0.268 e. The molecule has 2 nitrogen and oxygen atoms in total. The molecule has 0 amide bonds. The highest BCUT2D eigenvalue weighted by Crippen LogP contribution is 2.04. The number of rotatable bonds is 2. The molecule has 0 N–H and O–H groups in total. The SMILES string of the molecule is [C-]#[N+]CSC(=S)OCC. The van der Waals surface area contributed by atoms with Crippen molar-refractivity contribution in [2.24, 2.45) is 0 Å². The second-order valence-electron chi connectivity index (χ2n) is 1.11. The van der Waals surface area contributed by atoms with Crippen LogP contribution >= 0.6 is 24.0 Å². The minimum Gasteiger partial charge on any atom is -0.479 e. The summed E-state index contributed by atoms with van der Waals surface area (Å²) in [5, 5.41) is 0. The summed E-state index contributed by atoms with van der Waals surface area (Å²) in [6.45, 7) is 8.87. The molecule has 0 aliphatic rings. The van der Waals surface area contributed by atoms with Crippen LogP contribution in [0.3, 0.4) is 0 Å². The normalized spacial score (nSPS) is 8.00. The number of ether oxygens (including phenoxy) is 1. The molecule has 9 heavy (non-hydrogen) atoms. The van der Waals surface area contributed by atoms with Crippen LogP contribution in [-0.2, 0) is 4.74 Å². The van der Waals surface area contributed by atoms with E-state index in [0.29, 0.717) is 16.9 Å². The van der Waals surface area contributed by atoms with E-state index in [9.17, 15) is 0 Å². The zero-order valence-corrected chi connectivity index (χ0v) is 6.72. The minimum absolute atomic E-state index is 0.360. The first-order valence-corrected chi connectivity index (χ1v) is 3.83. The molecule has 0 saturated heterocycles. The average Bonchev–Trinajstić information content (AvgIpc) is 1.85. The predicted octanol–water partition coefficient (Wildman–Crippen LogP) is 1.92. The summed E-state index contributed by atoms with van der Waals surface area (Å²) in [5.74, 6) is 0.360. The van der Waals surface area contributed by atoms with Crippen LogP contribution < -0.4 is 0 Å². The van der Waals surface area contributed by atoms with Crippen LogP contribution in [0.15, 0.2) is 0 Å². The summed E-state index contributed by atoms with van der Waals surface area (Å²) in [5.41, 5.74) is 0. The van der Waals surface area contributed by atoms with Gasteiger partial charge in [-0.3, -0.25) is 0 Å². The Bertz CT molecular complexity index is 129. The van der Waals surface area contributed by atoms with E-state index in [1.807, 2.05) is 6.92 Å². The van der Waals surface area contributed by atoms with Gasteiger partial charge in [0.05, 0.1) is 6.61 Å². The Labute approximate surface area is 64.4 Å². The summed E-state index contributed by atoms with van der Waals surface area (Å²) < 4.78 is 5.36. The maximum Gasteiger partial charge on any atom is 0.268 e. The second kappa shape index (κ2) is 5.86. The molecule has 0 spiro atoms. The van der Waals surface area contributed by atoms with Gasteiger partial charge >= 0.3 is 0 Å². The summed E-state index contributed by atoms with van der Waals surface area (Å²) in [4.78, 5) is 3.10. The van der Waals surface area contributed by atoms with E-state index in [1.54, 1.807) is 0 Å². The van der Waals surface area contributed by atoms with E-state index in [1.165, 1.54) is 11.8 Å². The average molecular weight is 161 g/mol. The van der Waals surface area contributed by atoms with E-state index in [0.717, 1.165) is 0 Å². The van der Waals surface area contributed by atoms with E-state index < -0.39 is 0 Å². The maximum atomic E-state index is 6.42. The van der Waals surface area contributed by atoms with Crippen molar-refractivity contribution in [3.8, 4) is 0 Å². The third kappa shape index (κ3) is 5.60. The molecule has 0 radical (unpaired) electrons. The molecule has 0 atom stereocenters. The van der Waals surface area contributed by atoms with Crippen molar-refractivity contribution < 1.29 is 4.74 Å². The molecule has 0 aromatic carbocycles. The van der Waals surface area contributed by atoms with Gasteiger partial charge in [-0.15, -0.1) is 0 Å². The molecule has 4 heteroatoms. The van der Waals surface area contributed by atoms with Crippen molar-refractivity contribution in [3.05, 3.63) is 11.4 Å². The second-order valence-corrected chi connectivity index (χ2v) is 2.66. The standard InChI is InChI=1S/C5H7NOS2/c1-3-7-5(8)9-4-6-2/h3-4H2,1H3. The van der Waals surface area contributed by atoms with Gasteiger partial charge in [-0.1, -0.05) is 0 Å². The van der Waals surface area contributed by atoms with Crippen LogP contribution in [0.2, 0.25) is 0 Å². The molecule has 0 aromatic heterocycles. The fourth-order valence-corrected chi connectivity index (χ4v) is 0.892. The molecule has 0 aliphatic heterocycles. The molecule has 0 heterocycles. The van der Waals surface area contributed by atoms with E-state index >= 15 is 0 Å². The van der Waals surface area contributed by atoms with Crippen molar-refractivity contribution in [2.75, 3.05) is 12.5 Å². The number of thiocarbonyl (C=S) groups is 1. The van der Waals surface area contributed by atoms with Gasteiger partial charge in [0.15, 0.2) is 0 Å². The number of nitrogens with zero attached hydrogens (tertiary/aromatic N) is 1. The summed E-state index contributed by atoms with van der Waals surface area (Å²) in [6, 6.07) is 0. The maximum absolute atomic E-state index is 6.42. The number of hydrogen-bond acceptors (Lipinski definition) is 3. The lowest BCUT2D eigenvalue weighted by Gasteiger charge is -1.97. The lowest BCUT2D eigenvalue weighted by Crippen LogP contribution is -1.95. The summed E-state index contributed by atoms with van der Waals surface area (Å²) in [6.07, 6.45) is 0. The van der Waals surface area contributed by atoms with E-state index in [2.05, 4.69) is 4.85 Å². The fourth-order valence-electron chi connectivity index (χ4n) is 0.244. The Morgan fingerprint density at radius 3 is 3.00 bits per heavy atom. The van der Waals surface area contributed by atoms with Crippen LogP contribution in [0.4, 0.5) is 0 Å². The van der Waals surface area contributed by atoms with Gasteiger partial charge in [-0.2, -0.15) is 0 Å². The third-order valence-corrected chi connectivity index (χ3v) is 1.59. The van der Waals surface area contributed by atoms with Crippen LogP contribution in [0.1, 0.15) is 6.92 Å². The van der Waals surface area contributed by atoms with Gasteiger partial charge in [-0.25, -0.2) is 6.57 Å². The van der Waals surface area contributed by atoms with Gasteiger partial charge in [0.1, 0.15) is 0 Å². The Kier molecular flexibility index (Phi) is 5.68. The molecule has 0 fully saturated rings. The largest absolute Gasteiger partial charge is 0.479 e. The molecular weight excluding hydrogens is 154 g/mol. The zero-order valence-electron chi connectivity index (χ0n) is 5.09. The van der Waals surface area contributed by atoms with Gasteiger partial charge in [0, 0.05) is 11.8 Å². The highest BCUT2D eigenvalue weighted by atomic mass is 32.2. The van der Waals surface area contributed by atoms with E-state index in [-0.39, 0.29) is 0 Å². The first-order chi connectivity index (χ1) is 4.31. The first-order valence-electron chi connectivity index (χ1n) is 2.44. The highest BCUT2D eigenvalue weighted by Gasteiger charge is 1.96. The molecule has 0 unspecified atom stereocenters. The minimum atomic E-state index is 0.360. The van der Waals surface area contributed by atoms with Gasteiger partial charge in [-0.05, 0) is 19.1 Å². The Hall–Kier alpha value is -0.270. The van der Waals surface area contributed by atoms with Crippen molar-refractivity contribution >= 4 is 28.4 Å². The van der Waals surface area contributed by atoms with Gasteiger partial charge in [0.2, 0.25) is 4.38 Å². The quantitative estimate of drug-likeness (QED) is 0.454. The summed E-state index contributed by atoms with van der Waals surface area (Å²) >= 11 is 5.97. The Morgan fingerprint density at radius 1 is 1.89 bits per heavy atom. The lowest BCUT2D eigenvalue weighted by molar-refractivity contribution is 0.346. The Balaban J connectivity index is 3.19. The zero-order chi connectivity index (χ0) is 7.11. The van der Waals surface area contributed by atoms with Crippen molar-refractivity contribution in [1.29, 1.82) is 0 Å². The van der Waals surface area contributed by atoms with Crippen molar-refractivity contribution in [3.63, 3.8) is 0 Å². The van der Waals surface area contributed by atoms with E-state index in [4.69, 9.17) is 23.5 Å². The molecular formula is C5H7NOS2. The Morgan fingerprint density at radius 2 is 2.56 bits per heavy atom. The van der Waals surface area contributed by atoms with Crippen LogP contribution in [0.5, 0.6) is 0 Å². The number of hydrogen-bond donors (Lipinski definition) is 0. The first kappa shape index (κ1) is 8.73. The molecule has 50 valence electrons. The molecule has 0 saturated carbocycles.